The molecule has 122 valence electrons. The van der Waals surface area contributed by atoms with Crippen LogP contribution in [0.15, 0.2) is 29.4 Å². The second kappa shape index (κ2) is 5.98. The molecule has 3 rings (SSSR count). The first-order valence-electron chi connectivity index (χ1n) is 7.77. The SMILES string of the molecule is CC(=O)N1CCN(C(=NC2(C(=O)O)CC2)c2ccccn2)CC1. The van der Waals surface area contributed by atoms with Gasteiger partial charge < -0.3 is 14.9 Å². The van der Waals surface area contributed by atoms with Gasteiger partial charge in [-0.15, -0.1) is 0 Å². The quantitative estimate of drug-likeness (QED) is 0.652. The van der Waals surface area contributed by atoms with E-state index in [1.807, 2.05) is 23.1 Å². The lowest BCUT2D eigenvalue weighted by atomic mass is 10.2. The van der Waals surface area contributed by atoms with Crippen molar-refractivity contribution in [1.82, 2.24) is 14.8 Å². The number of carbonyl (C=O) groups excluding carboxylic acids is 1. The molecule has 0 bridgehead atoms. The second-order valence-corrected chi connectivity index (χ2v) is 5.98. The number of amidine groups is 1. The Bertz CT molecular complexity index is 632. The van der Waals surface area contributed by atoms with E-state index in [-0.39, 0.29) is 5.91 Å². The molecule has 7 nitrogen and oxygen atoms in total. The molecule has 2 heterocycles. The molecule has 0 aromatic carbocycles. The maximum absolute atomic E-state index is 11.5. The zero-order chi connectivity index (χ0) is 16.4. The largest absolute Gasteiger partial charge is 0.479 e. The molecule has 2 fully saturated rings. The number of amides is 1. The maximum Gasteiger partial charge on any atom is 0.331 e. The predicted octanol–water partition coefficient (Wildman–Crippen LogP) is 0.609. The van der Waals surface area contributed by atoms with Crippen LogP contribution in [0.4, 0.5) is 0 Å². The maximum atomic E-state index is 11.5. The van der Waals surface area contributed by atoms with Crippen LogP contribution in [0.3, 0.4) is 0 Å². The topological polar surface area (TPSA) is 86.1 Å². The van der Waals surface area contributed by atoms with E-state index in [0.29, 0.717) is 50.6 Å². The lowest BCUT2D eigenvalue weighted by Gasteiger charge is -2.36. The van der Waals surface area contributed by atoms with Crippen LogP contribution in [0.25, 0.3) is 0 Å². The molecule has 0 atom stereocenters. The normalized spacial score (nSPS) is 20.3. The average Bonchev–Trinajstić information content (AvgIpc) is 3.35. The molecular formula is C16H20N4O3. The molecule has 1 aromatic rings. The summed E-state index contributed by atoms with van der Waals surface area (Å²) in [4.78, 5) is 35.7. The number of pyridine rings is 1. The molecule has 1 aliphatic carbocycles. The highest BCUT2D eigenvalue weighted by Crippen LogP contribution is 2.40. The van der Waals surface area contributed by atoms with Gasteiger partial charge in [0.2, 0.25) is 5.91 Å². The third kappa shape index (κ3) is 3.18. The van der Waals surface area contributed by atoms with E-state index in [9.17, 15) is 14.7 Å². The van der Waals surface area contributed by atoms with Gasteiger partial charge in [0.1, 0.15) is 5.69 Å². The molecule has 2 aliphatic rings. The summed E-state index contributed by atoms with van der Waals surface area (Å²) in [7, 11) is 0. The van der Waals surface area contributed by atoms with E-state index in [2.05, 4.69) is 9.98 Å². The molecule has 1 N–H and O–H groups in total. The number of aromatic nitrogens is 1. The molecule has 0 unspecified atom stereocenters. The van der Waals surface area contributed by atoms with Crippen LogP contribution >= 0.6 is 0 Å². The number of piperazine rings is 1. The van der Waals surface area contributed by atoms with Crippen molar-refractivity contribution in [1.29, 1.82) is 0 Å². The van der Waals surface area contributed by atoms with E-state index in [1.54, 1.807) is 18.0 Å². The summed E-state index contributed by atoms with van der Waals surface area (Å²) in [5.41, 5.74) is -0.318. The molecule has 7 heteroatoms. The summed E-state index contributed by atoms with van der Waals surface area (Å²) in [5, 5.41) is 9.41. The van der Waals surface area contributed by atoms with Gasteiger partial charge in [-0.25, -0.2) is 9.79 Å². The van der Waals surface area contributed by atoms with Gasteiger partial charge in [0.25, 0.3) is 0 Å². The Morgan fingerprint density at radius 1 is 1.17 bits per heavy atom. The second-order valence-electron chi connectivity index (χ2n) is 5.98. The minimum Gasteiger partial charge on any atom is -0.479 e. The summed E-state index contributed by atoms with van der Waals surface area (Å²) in [5.74, 6) is -0.202. The predicted molar refractivity (Wildman–Crippen MR) is 84.2 cm³/mol. The van der Waals surface area contributed by atoms with Gasteiger partial charge in [0.15, 0.2) is 11.4 Å². The molecule has 1 saturated heterocycles. The van der Waals surface area contributed by atoms with Crippen molar-refractivity contribution in [2.24, 2.45) is 4.99 Å². The fourth-order valence-electron chi connectivity index (χ4n) is 2.71. The van der Waals surface area contributed by atoms with Crippen LogP contribution in [-0.4, -0.2) is 69.3 Å². The van der Waals surface area contributed by atoms with E-state index < -0.39 is 11.5 Å². The summed E-state index contributed by atoms with van der Waals surface area (Å²) in [6.07, 6.45) is 2.80. The average molecular weight is 316 g/mol. The molecular weight excluding hydrogens is 296 g/mol. The van der Waals surface area contributed by atoms with E-state index in [0.717, 1.165) is 0 Å². The molecule has 1 aromatic heterocycles. The van der Waals surface area contributed by atoms with Gasteiger partial charge in [-0.1, -0.05) is 6.07 Å². The van der Waals surface area contributed by atoms with Crippen LogP contribution in [0, 0.1) is 0 Å². The number of carboxylic acid groups (broad SMARTS) is 1. The van der Waals surface area contributed by atoms with E-state index in [4.69, 9.17) is 0 Å². The monoisotopic (exact) mass is 316 g/mol. The molecule has 1 aliphatic heterocycles. The summed E-state index contributed by atoms with van der Waals surface area (Å²) in [6.45, 7) is 4.05. The summed E-state index contributed by atoms with van der Waals surface area (Å²) < 4.78 is 0. The van der Waals surface area contributed by atoms with Crippen molar-refractivity contribution < 1.29 is 14.7 Å². The number of aliphatic carboxylic acids is 1. The zero-order valence-corrected chi connectivity index (χ0v) is 13.1. The first-order valence-corrected chi connectivity index (χ1v) is 7.77. The van der Waals surface area contributed by atoms with Gasteiger partial charge in [0.05, 0.1) is 0 Å². The van der Waals surface area contributed by atoms with Crippen molar-refractivity contribution in [3.8, 4) is 0 Å². The van der Waals surface area contributed by atoms with Crippen LogP contribution in [0.5, 0.6) is 0 Å². The van der Waals surface area contributed by atoms with Crippen LogP contribution < -0.4 is 0 Å². The lowest BCUT2D eigenvalue weighted by molar-refractivity contribution is -0.139. The fraction of sp³-hybridized carbons (Fsp3) is 0.500. The van der Waals surface area contributed by atoms with Gasteiger partial charge >= 0.3 is 5.97 Å². The molecule has 0 radical (unpaired) electrons. The molecule has 1 saturated carbocycles. The Balaban J connectivity index is 1.87. The molecule has 23 heavy (non-hydrogen) atoms. The first kappa shape index (κ1) is 15.5. The molecule has 0 spiro atoms. The van der Waals surface area contributed by atoms with E-state index >= 15 is 0 Å². The van der Waals surface area contributed by atoms with E-state index in [1.165, 1.54) is 0 Å². The number of carbonyl (C=O) groups is 2. The zero-order valence-electron chi connectivity index (χ0n) is 13.1. The Morgan fingerprint density at radius 3 is 2.30 bits per heavy atom. The van der Waals surface area contributed by atoms with Crippen LogP contribution in [-0.2, 0) is 9.59 Å². The number of carboxylic acids is 1. The number of rotatable bonds is 3. The highest BCUT2D eigenvalue weighted by molar-refractivity contribution is 6.00. The Labute approximate surface area is 134 Å². The van der Waals surface area contributed by atoms with Crippen molar-refractivity contribution in [3.63, 3.8) is 0 Å². The van der Waals surface area contributed by atoms with Gasteiger partial charge in [0, 0.05) is 39.3 Å². The molecule has 1 amide bonds. The number of nitrogens with zero attached hydrogens (tertiary/aromatic N) is 4. The van der Waals surface area contributed by atoms with Crippen LogP contribution in [0.1, 0.15) is 25.5 Å². The van der Waals surface area contributed by atoms with Crippen molar-refractivity contribution >= 4 is 17.7 Å². The summed E-state index contributed by atoms with van der Waals surface area (Å²) >= 11 is 0. The summed E-state index contributed by atoms with van der Waals surface area (Å²) in [6, 6.07) is 5.52. The highest BCUT2D eigenvalue weighted by atomic mass is 16.4. The Morgan fingerprint density at radius 2 is 1.83 bits per heavy atom. The smallest absolute Gasteiger partial charge is 0.331 e. The van der Waals surface area contributed by atoms with Crippen molar-refractivity contribution in [3.05, 3.63) is 30.1 Å². The third-order valence-electron chi connectivity index (χ3n) is 4.36. The number of hydrogen-bond donors (Lipinski definition) is 1. The standard InChI is InChI=1S/C16H20N4O3/c1-12(21)19-8-10-20(11-9-19)14(13-4-2-3-7-17-13)18-16(5-6-16)15(22)23/h2-4,7H,5-6,8-11H2,1H3,(H,22,23). The van der Waals surface area contributed by atoms with Crippen LogP contribution in [0.2, 0.25) is 0 Å². The van der Waals surface area contributed by atoms with Crippen molar-refractivity contribution in [2.45, 2.75) is 25.3 Å². The minimum atomic E-state index is -0.995. The first-order chi connectivity index (χ1) is 11.0. The van der Waals surface area contributed by atoms with Crippen molar-refractivity contribution in [2.75, 3.05) is 26.2 Å². The Kier molecular flexibility index (Phi) is 4.02. The van der Waals surface area contributed by atoms with Gasteiger partial charge in [-0.3, -0.25) is 9.78 Å². The highest BCUT2D eigenvalue weighted by Gasteiger charge is 2.51. The van der Waals surface area contributed by atoms with Gasteiger partial charge in [-0.2, -0.15) is 0 Å². The van der Waals surface area contributed by atoms with Gasteiger partial charge in [-0.05, 0) is 25.0 Å². The fourth-order valence-corrected chi connectivity index (χ4v) is 2.71. The Hall–Kier alpha value is -2.44. The third-order valence-corrected chi connectivity index (χ3v) is 4.36. The number of aliphatic imine (C=N–C) groups is 1. The lowest BCUT2D eigenvalue weighted by Crippen LogP contribution is -2.50. The number of hydrogen-bond acceptors (Lipinski definition) is 4. The minimum absolute atomic E-state index is 0.0603.